The number of methoxy groups -OCH3 is 1. The third-order valence-electron chi connectivity index (χ3n) is 3.38. The van der Waals surface area contributed by atoms with Crippen LogP contribution in [0.25, 0.3) is 0 Å². The molecule has 1 unspecified atom stereocenters. The lowest BCUT2D eigenvalue weighted by Gasteiger charge is -2.24. The smallest absolute Gasteiger partial charge is 0.119 e. The summed E-state index contributed by atoms with van der Waals surface area (Å²) < 4.78 is 10.5. The average Bonchev–Trinajstić information content (AvgIpc) is 2.40. The Balaban J connectivity index is 1.95. The van der Waals surface area contributed by atoms with E-state index < -0.39 is 6.10 Å². The van der Waals surface area contributed by atoms with Crippen molar-refractivity contribution in [3.8, 4) is 5.75 Å². The van der Waals surface area contributed by atoms with E-state index in [0.717, 1.165) is 43.8 Å². The molecule has 1 aliphatic rings. The van der Waals surface area contributed by atoms with Crippen molar-refractivity contribution in [3.05, 3.63) is 29.8 Å². The van der Waals surface area contributed by atoms with E-state index in [0.29, 0.717) is 5.92 Å². The van der Waals surface area contributed by atoms with Crippen LogP contribution in [0.15, 0.2) is 24.3 Å². The first-order chi connectivity index (χ1) is 8.29. The maximum Gasteiger partial charge on any atom is 0.119 e. The minimum absolute atomic E-state index is 0.395. The molecule has 1 saturated heterocycles. The van der Waals surface area contributed by atoms with Gasteiger partial charge in [0.25, 0.3) is 0 Å². The van der Waals surface area contributed by atoms with Crippen molar-refractivity contribution < 1.29 is 14.6 Å². The van der Waals surface area contributed by atoms with Gasteiger partial charge in [-0.25, -0.2) is 0 Å². The van der Waals surface area contributed by atoms with Crippen LogP contribution in [0.2, 0.25) is 0 Å². The fourth-order valence-corrected chi connectivity index (χ4v) is 2.28. The van der Waals surface area contributed by atoms with Crippen molar-refractivity contribution in [1.82, 2.24) is 0 Å². The van der Waals surface area contributed by atoms with Crippen LogP contribution < -0.4 is 4.74 Å². The van der Waals surface area contributed by atoms with Crippen LogP contribution in [0.5, 0.6) is 5.75 Å². The molecule has 3 heteroatoms. The molecule has 1 aliphatic heterocycles. The Bertz CT molecular complexity index is 345. The number of rotatable bonds is 4. The molecule has 3 nitrogen and oxygen atoms in total. The Morgan fingerprint density at radius 2 is 2.18 bits per heavy atom. The van der Waals surface area contributed by atoms with Crippen LogP contribution in [0.4, 0.5) is 0 Å². The molecule has 0 spiro atoms. The third-order valence-corrected chi connectivity index (χ3v) is 3.38. The highest BCUT2D eigenvalue weighted by atomic mass is 16.5. The Hall–Kier alpha value is -1.06. The summed E-state index contributed by atoms with van der Waals surface area (Å²) in [6.45, 7) is 1.66. The normalized spacial score (nSPS) is 18.9. The van der Waals surface area contributed by atoms with E-state index >= 15 is 0 Å². The number of ether oxygens (including phenoxy) is 2. The highest BCUT2D eigenvalue weighted by Gasteiger charge is 2.19. The van der Waals surface area contributed by atoms with Gasteiger partial charge in [0.2, 0.25) is 0 Å². The predicted octanol–water partition coefficient (Wildman–Crippen LogP) is 2.55. The van der Waals surface area contributed by atoms with Crippen LogP contribution in [-0.4, -0.2) is 25.4 Å². The van der Waals surface area contributed by atoms with E-state index in [1.165, 1.54) is 0 Å². The fourth-order valence-electron chi connectivity index (χ4n) is 2.28. The summed E-state index contributed by atoms with van der Waals surface area (Å²) in [7, 11) is 1.64. The van der Waals surface area contributed by atoms with Crippen molar-refractivity contribution in [1.29, 1.82) is 0 Å². The standard InChI is InChI=1S/C14H20O3/c1-16-13-4-2-3-12(10-13)14(15)9-11-5-7-17-8-6-11/h2-4,10-11,14-15H,5-9H2,1H3. The maximum atomic E-state index is 10.2. The van der Waals surface area contributed by atoms with Crippen molar-refractivity contribution in [2.75, 3.05) is 20.3 Å². The van der Waals surface area contributed by atoms with Gasteiger partial charge >= 0.3 is 0 Å². The molecule has 0 radical (unpaired) electrons. The number of hydrogen-bond acceptors (Lipinski definition) is 3. The zero-order chi connectivity index (χ0) is 12.1. The highest BCUT2D eigenvalue weighted by molar-refractivity contribution is 5.29. The van der Waals surface area contributed by atoms with Crippen LogP contribution in [-0.2, 0) is 4.74 Å². The first-order valence-electron chi connectivity index (χ1n) is 6.19. The lowest BCUT2D eigenvalue weighted by Crippen LogP contribution is -2.18. The highest BCUT2D eigenvalue weighted by Crippen LogP contribution is 2.28. The van der Waals surface area contributed by atoms with Gasteiger partial charge in [-0.05, 0) is 42.9 Å². The van der Waals surface area contributed by atoms with Gasteiger partial charge in [-0.2, -0.15) is 0 Å². The predicted molar refractivity (Wildman–Crippen MR) is 66.1 cm³/mol. The molecule has 1 aromatic carbocycles. The first kappa shape index (κ1) is 12.4. The zero-order valence-corrected chi connectivity index (χ0v) is 10.3. The van der Waals surface area contributed by atoms with Gasteiger partial charge in [-0.1, -0.05) is 12.1 Å². The minimum Gasteiger partial charge on any atom is -0.497 e. The Morgan fingerprint density at radius 3 is 2.88 bits per heavy atom. The maximum absolute atomic E-state index is 10.2. The largest absolute Gasteiger partial charge is 0.497 e. The van der Waals surface area contributed by atoms with Gasteiger partial charge < -0.3 is 14.6 Å². The molecule has 94 valence electrons. The Labute approximate surface area is 102 Å². The quantitative estimate of drug-likeness (QED) is 0.873. The van der Waals surface area contributed by atoms with Crippen LogP contribution >= 0.6 is 0 Å². The summed E-state index contributed by atoms with van der Waals surface area (Å²) in [6, 6.07) is 7.67. The molecule has 17 heavy (non-hydrogen) atoms. The molecule has 0 amide bonds. The van der Waals surface area contributed by atoms with Crippen molar-refractivity contribution in [2.45, 2.75) is 25.4 Å². The SMILES string of the molecule is COc1cccc(C(O)CC2CCOCC2)c1. The lowest BCUT2D eigenvalue weighted by atomic mass is 9.91. The molecular weight excluding hydrogens is 216 g/mol. The number of benzene rings is 1. The fraction of sp³-hybridized carbons (Fsp3) is 0.571. The zero-order valence-electron chi connectivity index (χ0n) is 10.3. The van der Waals surface area contributed by atoms with Crippen molar-refractivity contribution in [2.24, 2.45) is 5.92 Å². The summed E-state index contributed by atoms with van der Waals surface area (Å²) in [5.74, 6) is 1.37. The van der Waals surface area contributed by atoms with E-state index in [1.54, 1.807) is 7.11 Å². The molecule has 0 saturated carbocycles. The molecular formula is C14H20O3. The summed E-state index contributed by atoms with van der Waals surface area (Å²) >= 11 is 0. The molecule has 0 aromatic heterocycles. The molecule has 1 heterocycles. The molecule has 1 fully saturated rings. The van der Waals surface area contributed by atoms with E-state index in [-0.39, 0.29) is 0 Å². The third kappa shape index (κ3) is 3.45. The van der Waals surface area contributed by atoms with Crippen molar-refractivity contribution in [3.63, 3.8) is 0 Å². The molecule has 1 N–H and O–H groups in total. The monoisotopic (exact) mass is 236 g/mol. The van der Waals surface area contributed by atoms with Crippen LogP contribution in [0, 0.1) is 5.92 Å². The topological polar surface area (TPSA) is 38.7 Å². The van der Waals surface area contributed by atoms with E-state index in [9.17, 15) is 5.11 Å². The second-order valence-corrected chi connectivity index (χ2v) is 4.58. The summed E-state index contributed by atoms with van der Waals surface area (Å²) in [6.07, 6.45) is 2.53. The number of aliphatic hydroxyl groups is 1. The Kier molecular flexibility index (Phi) is 4.40. The average molecular weight is 236 g/mol. The Morgan fingerprint density at radius 1 is 1.41 bits per heavy atom. The van der Waals surface area contributed by atoms with Crippen LogP contribution in [0.3, 0.4) is 0 Å². The molecule has 2 rings (SSSR count). The van der Waals surface area contributed by atoms with Crippen LogP contribution in [0.1, 0.15) is 30.9 Å². The van der Waals surface area contributed by atoms with Gasteiger partial charge in [0.1, 0.15) is 5.75 Å². The van der Waals surface area contributed by atoms with Gasteiger partial charge in [-0.15, -0.1) is 0 Å². The second kappa shape index (κ2) is 6.03. The number of aliphatic hydroxyl groups excluding tert-OH is 1. The van der Waals surface area contributed by atoms with Crippen molar-refractivity contribution >= 4 is 0 Å². The second-order valence-electron chi connectivity index (χ2n) is 4.58. The lowest BCUT2D eigenvalue weighted by molar-refractivity contribution is 0.0435. The van der Waals surface area contributed by atoms with E-state index in [4.69, 9.17) is 9.47 Å². The van der Waals surface area contributed by atoms with Gasteiger partial charge in [0.15, 0.2) is 0 Å². The van der Waals surface area contributed by atoms with Gasteiger partial charge in [-0.3, -0.25) is 0 Å². The van der Waals surface area contributed by atoms with Gasteiger partial charge in [0, 0.05) is 13.2 Å². The summed E-state index contributed by atoms with van der Waals surface area (Å²) in [4.78, 5) is 0. The van der Waals surface area contributed by atoms with E-state index in [2.05, 4.69) is 0 Å². The summed E-state index contributed by atoms with van der Waals surface area (Å²) in [5.41, 5.74) is 0.941. The molecule has 1 aromatic rings. The minimum atomic E-state index is -0.395. The molecule has 0 aliphatic carbocycles. The summed E-state index contributed by atoms with van der Waals surface area (Å²) in [5, 5.41) is 10.2. The molecule has 0 bridgehead atoms. The van der Waals surface area contributed by atoms with Gasteiger partial charge in [0.05, 0.1) is 13.2 Å². The molecule has 1 atom stereocenters. The van der Waals surface area contributed by atoms with E-state index in [1.807, 2.05) is 24.3 Å². The number of hydrogen-bond donors (Lipinski definition) is 1. The first-order valence-corrected chi connectivity index (χ1v) is 6.19.